The quantitative estimate of drug-likeness (QED) is 0.770. The Balaban J connectivity index is 2.08. The number of carboxylic acids is 1. The van der Waals surface area contributed by atoms with E-state index < -0.39 is 5.97 Å². The third-order valence-corrected chi connectivity index (χ3v) is 4.93. The molecule has 0 aromatic heterocycles. The van der Waals surface area contributed by atoms with Crippen LogP contribution in [0.25, 0.3) is 5.73 Å². The minimum atomic E-state index is -0.751. The molecule has 0 radical (unpaired) electrons. The average Bonchev–Trinajstić information content (AvgIpc) is 2.49. The first kappa shape index (κ1) is 17.8. The van der Waals surface area contributed by atoms with Gasteiger partial charge in [0.1, 0.15) is 0 Å². The summed E-state index contributed by atoms with van der Waals surface area (Å²) >= 11 is 0. The molecule has 23 heavy (non-hydrogen) atoms. The Morgan fingerprint density at radius 3 is 2.78 bits per heavy atom. The number of nitrogens with one attached hydrogen (secondary N) is 2. The maximum absolute atomic E-state index is 10.9. The fourth-order valence-electron chi connectivity index (χ4n) is 3.32. The lowest BCUT2D eigenvalue weighted by molar-refractivity contribution is -0.137. The molecule has 0 fully saturated rings. The summed E-state index contributed by atoms with van der Waals surface area (Å²) in [5.41, 5.74) is 12.1. The number of carbonyl (C=O) groups is 1. The van der Waals surface area contributed by atoms with Gasteiger partial charge >= 0.3 is 5.97 Å². The number of aryl methyl sites for hydroxylation is 1. The summed E-state index contributed by atoms with van der Waals surface area (Å²) in [6.45, 7) is 7.42. The number of benzene rings is 1. The number of aliphatic carboxylic acids is 1. The maximum atomic E-state index is 10.9. The molecule has 1 aromatic carbocycles. The Bertz CT molecular complexity index is 549. The van der Waals surface area contributed by atoms with Crippen LogP contribution in [0.4, 0.5) is 5.69 Å². The lowest BCUT2D eigenvalue weighted by atomic mass is 9.74. The van der Waals surface area contributed by atoms with Crippen molar-refractivity contribution < 1.29 is 9.90 Å². The zero-order chi connectivity index (χ0) is 17.0. The van der Waals surface area contributed by atoms with Crippen LogP contribution in [0.2, 0.25) is 0 Å². The first-order valence-electron chi connectivity index (χ1n) is 8.57. The van der Waals surface area contributed by atoms with E-state index in [0.717, 1.165) is 24.9 Å². The predicted molar refractivity (Wildman–Crippen MR) is 94.7 cm³/mol. The fourth-order valence-corrected chi connectivity index (χ4v) is 3.32. The summed E-state index contributed by atoms with van der Waals surface area (Å²) in [7, 11) is 0. The number of hydrogen-bond acceptors (Lipinski definition) is 2. The second-order valence-electron chi connectivity index (χ2n) is 7.73. The van der Waals surface area contributed by atoms with Crippen LogP contribution >= 0.6 is 0 Å². The highest BCUT2D eigenvalue weighted by atomic mass is 16.4. The van der Waals surface area contributed by atoms with Crippen LogP contribution in [-0.2, 0) is 11.2 Å². The van der Waals surface area contributed by atoms with Crippen molar-refractivity contribution in [2.24, 2.45) is 11.3 Å². The van der Waals surface area contributed by atoms with E-state index in [1.165, 1.54) is 11.3 Å². The van der Waals surface area contributed by atoms with Gasteiger partial charge in [-0.25, -0.2) is 0 Å². The maximum Gasteiger partial charge on any atom is 0.303 e. The molecule has 4 nitrogen and oxygen atoms in total. The van der Waals surface area contributed by atoms with E-state index in [4.69, 9.17) is 10.8 Å². The summed E-state index contributed by atoms with van der Waals surface area (Å²) in [4.78, 5) is 10.9. The van der Waals surface area contributed by atoms with E-state index in [0.29, 0.717) is 12.8 Å². The molecular formula is C19H29N2O2-. The van der Waals surface area contributed by atoms with Gasteiger partial charge in [0.25, 0.3) is 0 Å². The molecule has 3 N–H and O–H groups in total. The molecule has 0 saturated carbocycles. The third-order valence-electron chi connectivity index (χ3n) is 4.93. The lowest BCUT2D eigenvalue weighted by Crippen LogP contribution is -2.23. The fraction of sp³-hybridized carbons (Fsp3) is 0.632. The van der Waals surface area contributed by atoms with Gasteiger partial charge in [0.2, 0.25) is 0 Å². The van der Waals surface area contributed by atoms with E-state index in [1.807, 2.05) is 0 Å². The van der Waals surface area contributed by atoms with E-state index in [2.05, 4.69) is 44.3 Å². The molecule has 4 heteroatoms. The first-order valence-corrected chi connectivity index (χ1v) is 8.57. The largest absolute Gasteiger partial charge is 0.671 e. The Morgan fingerprint density at radius 2 is 2.13 bits per heavy atom. The zero-order valence-corrected chi connectivity index (χ0v) is 14.5. The van der Waals surface area contributed by atoms with Crippen LogP contribution in [0.15, 0.2) is 18.2 Å². The summed E-state index contributed by atoms with van der Waals surface area (Å²) in [6, 6.07) is 6.02. The molecule has 0 aliphatic carbocycles. The molecule has 128 valence electrons. The smallest absolute Gasteiger partial charge is 0.303 e. The topological polar surface area (TPSA) is 73.1 Å². The highest BCUT2D eigenvalue weighted by molar-refractivity contribution is 5.66. The van der Waals surface area contributed by atoms with Crippen LogP contribution in [0.1, 0.15) is 63.6 Å². The number of fused-ring (bicyclic) bond motifs is 1. The predicted octanol–water partition coefficient (Wildman–Crippen LogP) is 5.06. The van der Waals surface area contributed by atoms with Crippen molar-refractivity contribution in [1.29, 1.82) is 0 Å². The third kappa shape index (κ3) is 4.96. The van der Waals surface area contributed by atoms with E-state index >= 15 is 0 Å². The van der Waals surface area contributed by atoms with Gasteiger partial charge in [-0.05, 0) is 42.2 Å². The molecule has 0 spiro atoms. The monoisotopic (exact) mass is 317 g/mol. The minimum Gasteiger partial charge on any atom is -0.671 e. The van der Waals surface area contributed by atoms with Gasteiger partial charge in [0.15, 0.2) is 0 Å². The lowest BCUT2D eigenvalue weighted by Gasteiger charge is -2.36. The first-order chi connectivity index (χ1) is 10.8. The van der Waals surface area contributed by atoms with Crippen molar-refractivity contribution in [2.45, 2.75) is 58.9 Å². The van der Waals surface area contributed by atoms with Gasteiger partial charge in [0, 0.05) is 18.7 Å². The number of hydrogen-bond donors (Lipinski definition) is 2. The number of anilines is 1. The Labute approximate surface area is 139 Å². The number of carboxylic acid groups (broad SMARTS) is 1. The minimum absolute atomic E-state index is 0.0151. The van der Waals surface area contributed by atoms with Crippen LogP contribution in [0.5, 0.6) is 0 Å². The SMILES string of the molecule is CC(C)(C)C(CCC(=O)O)C[C@@H]([NH-])c1ccc2c(c1)NCCC2. The van der Waals surface area contributed by atoms with E-state index in [-0.39, 0.29) is 23.8 Å². The van der Waals surface area contributed by atoms with Crippen LogP contribution in [0.3, 0.4) is 0 Å². The van der Waals surface area contributed by atoms with Crippen molar-refractivity contribution in [3.63, 3.8) is 0 Å². The normalized spacial score (nSPS) is 17.0. The number of rotatable bonds is 6. The molecular weight excluding hydrogens is 288 g/mol. The molecule has 1 aromatic rings. The van der Waals surface area contributed by atoms with Gasteiger partial charge < -0.3 is 16.2 Å². The van der Waals surface area contributed by atoms with Gasteiger partial charge in [0.05, 0.1) is 0 Å². The highest BCUT2D eigenvalue weighted by Crippen LogP contribution is 2.39. The average molecular weight is 317 g/mol. The van der Waals surface area contributed by atoms with Crippen LogP contribution < -0.4 is 5.32 Å². The second kappa shape index (κ2) is 7.35. The standard InChI is InChI=1S/C19H29N2O2/c1-19(2,3)15(8-9-18(22)23)12-16(20)14-7-6-13-5-4-10-21-17(13)11-14/h6-7,11,15-16,20-21H,4-5,8-10,12H2,1-3H3,(H,22,23)/q-1/t15?,16-/m1/s1. The molecule has 0 amide bonds. The van der Waals surface area contributed by atoms with E-state index in [1.54, 1.807) is 0 Å². The second-order valence-corrected chi connectivity index (χ2v) is 7.73. The molecule has 1 unspecified atom stereocenters. The van der Waals surface area contributed by atoms with Crippen molar-refractivity contribution in [3.8, 4) is 0 Å². The summed E-state index contributed by atoms with van der Waals surface area (Å²) < 4.78 is 0. The summed E-state index contributed by atoms with van der Waals surface area (Å²) in [5.74, 6) is -0.524. The van der Waals surface area contributed by atoms with Gasteiger partial charge in [-0.3, -0.25) is 4.79 Å². The molecule has 1 heterocycles. The van der Waals surface area contributed by atoms with Crippen LogP contribution in [-0.4, -0.2) is 17.6 Å². The van der Waals surface area contributed by atoms with Crippen molar-refractivity contribution >= 4 is 11.7 Å². The van der Waals surface area contributed by atoms with Crippen LogP contribution in [0, 0.1) is 11.3 Å². The van der Waals surface area contributed by atoms with Gasteiger partial charge in [-0.2, -0.15) is 0 Å². The molecule has 0 bridgehead atoms. The Kier molecular flexibility index (Phi) is 5.69. The molecule has 2 rings (SSSR count). The summed E-state index contributed by atoms with van der Waals surface area (Å²) in [5, 5.41) is 12.4. The van der Waals surface area contributed by atoms with Crippen molar-refractivity contribution in [3.05, 3.63) is 35.1 Å². The van der Waals surface area contributed by atoms with Crippen molar-refractivity contribution in [2.75, 3.05) is 11.9 Å². The molecule has 2 atom stereocenters. The Morgan fingerprint density at radius 1 is 1.39 bits per heavy atom. The highest BCUT2D eigenvalue weighted by Gasteiger charge is 2.26. The molecule has 1 aliphatic heterocycles. The summed E-state index contributed by atoms with van der Waals surface area (Å²) in [6.07, 6.45) is 3.79. The van der Waals surface area contributed by atoms with Gasteiger partial charge in [-0.1, -0.05) is 44.9 Å². The molecule has 0 saturated heterocycles. The van der Waals surface area contributed by atoms with Gasteiger partial charge in [-0.15, -0.1) is 6.04 Å². The van der Waals surface area contributed by atoms with Crippen molar-refractivity contribution in [1.82, 2.24) is 0 Å². The molecule has 1 aliphatic rings. The zero-order valence-electron chi connectivity index (χ0n) is 14.5. The Hall–Kier alpha value is -1.55. The van der Waals surface area contributed by atoms with E-state index in [9.17, 15) is 4.79 Å².